The molecule has 0 radical (unpaired) electrons. The molecule has 1 aromatic carbocycles. The summed E-state index contributed by atoms with van der Waals surface area (Å²) >= 11 is 0. The number of hydrogen-bond donors (Lipinski definition) is 2. The molecule has 160 valence electrons. The standard InChI is InChI=1S/C23H30N4O3/c1-5-15-9-18(12-25-20(15)7-3)23-26-22(27-30-23)17-8-14(4)21(16(6-2)10-17)29-13-19(28)11-24/h8-10,12,19,28H,5-7,11,13,24H2,1-4H3/t19-/m0/s1. The van der Waals surface area contributed by atoms with Gasteiger partial charge in [-0.3, -0.25) is 4.98 Å². The number of aliphatic hydroxyl groups excluding tert-OH is 1. The molecule has 3 rings (SSSR count). The Hall–Kier alpha value is -2.77. The van der Waals surface area contributed by atoms with Gasteiger partial charge in [-0.1, -0.05) is 25.9 Å². The van der Waals surface area contributed by atoms with Crippen molar-refractivity contribution < 1.29 is 14.4 Å². The molecule has 0 aliphatic rings. The van der Waals surface area contributed by atoms with Crippen molar-refractivity contribution in [2.24, 2.45) is 5.73 Å². The lowest BCUT2D eigenvalue weighted by Crippen LogP contribution is -2.27. The van der Waals surface area contributed by atoms with Crippen LogP contribution >= 0.6 is 0 Å². The van der Waals surface area contributed by atoms with Gasteiger partial charge in [0.1, 0.15) is 18.5 Å². The van der Waals surface area contributed by atoms with Crippen LogP contribution in [-0.2, 0) is 19.3 Å². The van der Waals surface area contributed by atoms with Crippen LogP contribution in [0.4, 0.5) is 0 Å². The second-order valence-electron chi connectivity index (χ2n) is 7.30. The predicted octanol–water partition coefficient (Wildman–Crippen LogP) is 3.49. The molecule has 3 aromatic rings. The highest BCUT2D eigenvalue weighted by Gasteiger charge is 2.16. The van der Waals surface area contributed by atoms with Crippen LogP contribution in [0.1, 0.15) is 43.2 Å². The number of nitrogens with two attached hydrogens (primary N) is 1. The zero-order valence-corrected chi connectivity index (χ0v) is 18.1. The van der Waals surface area contributed by atoms with Gasteiger partial charge >= 0.3 is 0 Å². The predicted molar refractivity (Wildman–Crippen MR) is 116 cm³/mol. The van der Waals surface area contributed by atoms with Crippen molar-refractivity contribution in [2.45, 2.75) is 53.1 Å². The van der Waals surface area contributed by atoms with Gasteiger partial charge in [-0.25, -0.2) is 0 Å². The molecule has 0 saturated heterocycles. The molecule has 0 saturated carbocycles. The van der Waals surface area contributed by atoms with Gasteiger partial charge in [0.15, 0.2) is 0 Å². The Morgan fingerprint density at radius 2 is 1.80 bits per heavy atom. The van der Waals surface area contributed by atoms with E-state index in [1.165, 1.54) is 5.56 Å². The molecule has 0 aliphatic carbocycles. The number of rotatable bonds is 9. The first-order chi connectivity index (χ1) is 14.5. The third kappa shape index (κ3) is 4.68. The Morgan fingerprint density at radius 3 is 2.47 bits per heavy atom. The van der Waals surface area contributed by atoms with Crippen LogP contribution in [-0.4, -0.2) is 39.5 Å². The van der Waals surface area contributed by atoms with Crippen molar-refractivity contribution in [3.63, 3.8) is 0 Å². The van der Waals surface area contributed by atoms with E-state index in [1.54, 1.807) is 6.20 Å². The number of hydrogen-bond acceptors (Lipinski definition) is 7. The SMILES string of the molecule is CCc1cc(-c2nc(-c3cc(C)c(OC[C@@H](O)CN)c(CC)c3)no2)cnc1CC. The molecule has 0 amide bonds. The monoisotopic (exact) mass is 410 g/mol. The molecule has 30 heavy (non-hydrogen) atoms. The van der Waals surface area contributed by atoms with Gasteiger partial charge < -0.3 is 20.1 Å². The van der Waals surface area contributed by atoms with Crippen LogP contribution in [0.5, 0.6) is 5.75 Å². The minimum absolute atomic E-state index is 0.163. The van der Waals surface area contributed by atoms with Crippen LogP contribution in [0, 0.1) is 6.92 Å². The zero-order valence-electron chi connectivity index (χ0n) is 18.1. The van der Waals surface area contributed by atoms with Gasteiger partial charge in [0.25, 0.3) is 5.89 Å². The van der Waals surface area contributed by atoms with Gasteiger partial charge in [0, 0.05) is 24.0 Å². The van der Waals surface area contributed by atoms with Crippen molar-refractivity contribution in [1.29, 1.82) is 0 Å². The fourth-order valence-electron chi connectivity index (χ4n) is 3.43. The van der Waals surface area contributed by atoms with Gasteiger partial charge in [-0.15, -0.1) is 0 Å². The fourth-order valence-corrected chi connectivity index (χ4v) is 3.43. The van der Waals surface area contributed by atoms with E-state index >= 15 is 0 Å². The molecule has 2 aromatic heterocycles. The molecular formula is C23H30N4O3. The number of ether oxygens (including phenoxy) is 1. The lowest BCUT2D eigenvalue weighted by Gasteiger charge is -2.16. The molecular weight excluding hydrogens is 380 g/mol. The number of aliphatic hydroxyl groups is 1. The van der Waals surface area contributed by atoms with Gasteiger partial charge in [-0.2, -0.15) is 4.98 Å². The van der Waals surface area contributed by atoms with E-state index < -0.39 is 6.10 Å². The molecule has 1 atom stereocenters. The first-order valence-electron chi connectivity index (χ1n) is 10.5. The summed E-state index contributed by atoms with van der Waals surface area (Å²) in [6, 6.07) is 6.04. The van der Waals surface area contributed by atoms with E-state index in [2.05, 4.69) is 42.0 Å². The summed E-state index contributed by atoms with van der Waals surface area (Å²) in [7, 11) is 0. The smallest absolute Gasteiger partial charge is 0.259 e. The largest absolute Gasteiger partial charge is 0.490 e. The number of aryl methyl sites for hydroxylation is 4. The quantitative estimate of drug-likeness (QED) is 0.556. The highest BCUT2D eigenvalue weighted by Crippen LogP contribution is 2.31. The maximum absolute atomic E-state index is 9.70. The number of aromatic nitrogens is 3. The summed E-state index contributed by atoms with van der Waals surface area (Å²) in [6.07, 6.45) is 3.68. The Morgan fingerprint density at radius 1 is 1.07 bits per heavy atom. The molecule has 0 fully saturated rings. The first-order valence-corrected chi connectivity index (χ1v) is 10.5. The van der Waals surface area contributed by atoms with E-state index in [1.807, 2.05) is 19.1 Å². The topological polar surface area (TPSA) is 107 Å². The second kappa shape index (κ2) is 9.82. The van der Waals surface area contributed by atoms with Crippen molar-refractivity contribution in [3.05, 3.63) is 46.8 Å². The molecule has 2 heterocycles. The Labute approximate surface area is 177 Å². The van der Waals surface area contributed by atoms with Crippen molar-refractivity contribution >= 4 is 0 Å². The van der Waals surface area contributed by atoms with Gasteiger partial charge in [-0.05, 0) is 61.1 Å². The maximum Gasteiger partial charge on any atom is 0.259 e. The first kappa shape index (κ1) is 21.9. The molecule has 0 aliphatic heterocycles. The number of nitrogens with zero attached hydrogens (tertiary/aromatic N) is 3. The third-order valence-corrected chi connectivity index (χ3v) is 5.13. The average molecular weight is 411 g/mol. The maximum atomic E-state index is 9.70. The summed E-state index contributed by atoms with van der Waals surface area (Å²) in [5.41, 5.74) is 11.4. The lowest BCUT2D eigenvalue weighted by molar-refractivity contribution is 0.113. The third-order valence-electron chi connectivity index (χ3n) is 5.13. The molecule has 3 N–H and O–H groups in total. The zero-order chi connectivity index (χ0) is 21.7. The number of pyridine rings is 1. The Balaban J connectivity index is 1.90. The van der Waals surface area contributed by atoms with E-state index in [0.717, 1.165) is 53.0 Å². The van der Waals surface area contributed by atoms with Crippen molar-refractivity contribution in [3.8, 4) is 28.6 Å². The van der Waals surface area contributed by atoms with E-state index in [4.69, 9.17) is 15.0 Å². The molecule has 0 bridgehead atoms. The Kier molecular flexibility index (Phi) is 7.18. The Bertz CT molecular complexity index is 1000. The second-order valence-corrected chi connectivity index (χ2v) is 7.30. The molecule has 7 nitrogen and oxygen atoms in total. The summed E-state index contributed by atoms with van der Waals surface area (Å²) < 4.78 is 11.4. The highest BCUT2D eigenvalue weighted by atomic mass is 16.5. The summed E-state index contributed by atoms with van der Waals surface area (Å²) in [6.45, 7) is 8.57. The minimum atomic E-state index is -0.686. The summed E-state index contributed by atoms with van der Waals surface area (Å²) in [5, 5.41) is 13.9. The fraction of sp³-hybridized carbons (Fsp3) is 0.435. The van der Waals surface area contributed by atoms with E-state index in [0.29, 0.717) is 11.7 Å². The molecule has 0 spiro atoms. The highest BCUT2D eigenvalue weighted by molar-refractivity contribution is 5.64. The van der Waals surface area contributed by atoms with Crippen molar-refractivity contribution in [2.75, 3.05) is 13.2 Å². The normalized spacial score (nSPS) is 12.2. The summed E-state index contributed by atoms with van der Waals surface area (Å²) in [5.74, 6) is 1.75. The van der Waals surface area contributed by atoms with Crippen LogP contribution in [0.2, 0.25) is 0 Å². The van der Waals surface area contributed by atoms with E-state index in [-0.39, 0.29) is 13.2 Å². The van der Waals surface area contributed by atoms with Gasteiger partial charge in [0.2, 0.25) is 5.82 Å². The van der Waals surface area contributed by atoms with Crippen LogP contribution < -0.4 is 10.5 Å². The molecule has 7 heteroatoms. The molecule has 0 unspecified atom stereocenters. The number of benzene rings is 1. The van der Waals surface area contributed by atoms with Crippen molar-refractivity contribution in [1.82, 2.24) is 15.1 Å². The van der Waals surface area contributed by atoms with Crippen LogP contribution in [0.3, 0.4) is 0 Å². The van der Waals surface area contributed by atoms with Crippen LogP contribution in [0.25, 0.3) is 22.8 Å². The minimum Gasteiger partial charge on any atom is -0.490 e. The van der Waals surface area contributed by atoms with Crippen LogP contribution in [0.15, 0.2) is 28.9 Å². The average Bonchev–Trinajstić information content (AvgIpc) is 3.27. The lowest BCUT2D eigenvalue weighted by atomic mass is 10.0. The van der Waals surface area contributed by atoms with Gasteiger partial charge in [0.05, 0.1) is 5.56 Å². The van der Waals surface area contributed by atoms with E-state index in [9.17, 15) is 5.11 Å². The summed E-state index contributed by atoms with van der Waals surface area (Å²) in [4.78, 5) is 9.15.